The first kappa shape index (κ1) is 18.4. The smallest absolute Gasteiger partial charge is 0.326 e. The molecule has 140 valence electrons. The quantitative estimate of drug-likeness (QED) is 0.699. The summed E-state index contributed by atoms with van der Waals surface area (Å²) in [5.74, 6) is -1.39. The van der Waals surface area contributed by atoms with Crippen LogP contribution in [0, 0.1) is 5.82 Å². The Hall–Kier alpha value is -3.35. The molecule has 1 amide bonds. The summed E-state index contributed by atoms with van der Waals surface area (Å²) in [6.07, 6.45) is 0.0547. The number of carboxylic acid groups (broad SMARTS) is 1. The van der Waals surface area contributed by atoms with Crippen LogP contribution in [0.15, 0.2) is 48.5 Å². The van der Waals surface area contributed by atoms with Crippen molar-refractivity contribution in [2.75, 3.05) is 7.11 Å². The van der Waals surface area contributed by atoms with E-state index in [-0.39, 0.29) is 6.42 Å². The number of fused-ring (bicyclic) bond motifs is 1. The Balaban J connectivity index is 1.83. The molecule has 7 heteroatoms. The third-order valence-corrected chi connectivity index (χ3v) is 4.44. The molecule has 0 aliphatic carbocycles. The van der Waals surface area contributed by atoms with Gasteiger partial charge in [0, 0.05) is 24.4 Å². The summed E-state index contributed by atoms with van der Waals surface area (Å²) in [7, 11) is 3.30. The van der Waals surface area contributed by atoms with Gasteiger partial charge >= 0.3 is 5.97 Å². The van der Waals surface area contributed by atoms with E-state index in [0.29, 0.717) is 17.0 Å². The van der Waals surface area contributed by atoms with Gasteiger partial charge in [0.1, 0.15) is 23.3 Å². The number of nitrogens with zero attached hydrogens (tertiary/aromatic N) is 1. The van der Waals surface area contributed by atoms with Gasteiger partial charge in [-0.25, -0.2) is 9.18 Å². The Labute approximate surface area is 155 Å². The third kappa shape index (κ3) is 3.92. The number of hydrogen-bond acceptors (Lipinski definition) is 3. The molecule has 3 rings (SSSR count). The lowest BCUT2D eigenvalue weighted by atomic mass is 10.1. The van der Waals surface area contributed by atoms with Crippen LogP contribution in [-0.2, 0) is 18.3 Å². The van der Waals surface area contributed by atoms with Gasteiger partial charge in [-0.15, -0.1) is 0 Å². The first-order valence-electron chi connectivity index (χ1n) is 8.30. The number of carboxylic acids is 1. The van der Waals surface area contributed by atoms with E-state index in [0.717, 1.165) is 10.9 Å². The molecule has 0 aliphatic rings. The zero-order valence-corrected chi connectivity index (χ0v) is 14.9. The normalized spacial score (nSPS) is 12.0. The first-order chi connectivity index (χ1) is 12.9. The summed E-state index contributed by atoms with van der Waals surface area (Å²) in [6.45, 7) is 0. The molecular formula is C20H19FN2O4. The van der Waals surface area contributed by atoms with Crippen LogP contribution < -0.4 is 10.1 Å². The van der Waals surface area contributed by atoms with Crippen molar-refractivity contribution in [2.24, 2.45) is 7.05 Å². The van der Waals surface area contributed by atoms with Crippen LogP contribution in [0.4, 0.5) is 4.39 Å². The summed E-state index contributed by atoms with van der Waals surface area (Å²) < 4.78 is 19.9. The van der Waals surface area contributed by atoms with E-state index in [1.54, 1.807) is 36.9 Å². The average Bonchev–Trinajstić information content (AvgIpc) is 2.98. The Morgan fingerprint density at radius 2 is 1.89 bits per heavy atom. The van der Waals surface area contributed by atoms with Crippen molar-refractivity contribution < 1.29 is 23.8 Å². The minimum atomic E-state index is -1.16. The maximum absolute atomic E-state index is 13.0. The fourth-order valence-corrected chi connectivity index (χ4v) is 2.96. The van der Waals surface area contributed by atoms with E-state index in [4.69, 9.17) is 4.74 Å². The van der Waals surface area contributed by atoms with Crippen LogP contribution in [0.2, 0.25) is 0 Å². The third-order valence-electron chi connectivity index (χ3n) is 4.44. The lowest BCUT2D eigenvalue weighted by Crippen LogP contribution is -2.42. The van der Waals surface area contributed by atoms with Gasteiger partial charge in [-0.2, -0.15) is 0 Å². The number of carbonyl (C=O) groups excluding carboxylic acids is 1. The van der Waals surface area contributed by atoms with Crippen molar-refractivity contribution in [1.82, 2.24) is 9.88 Å². The van der Waals surface area contributed by atoms with Gasteiger partial charge in [0.25, 0.3) is 5.91 Å². The molecule has 1 heterocycles. The standard InChI is InChI=1S/C20H19FN2O4/c1-23-17-8-7-15(27-2)10-13(17)11-18(23)19(24)22-16(20(25)26)9-12-3-5-14(21)6-4-12/h3-8,10-11,16H,9H2,1-2H3,(H,22,24)(H,25,26). The van der Waals surface area contributed by atoms with Crippen molar-refractivity contribution >= 4 is 22.8 Å². The number of methoxy groups -OCH3 is 1. The van der Waals surface area contributed by atoms with Gasteiger partial charge in [0.05, 0.1) is 7.11 Å². The molecule has 0 fully saturated rings. The van der Waals surface area contributed by atoms with E-state index in [2.05, 4.69) is 5.32 Å². The Morgan fingerprint density at radius 1 is 1.19 bits per heavy atom. The monoisotopic (exact) mass is 370 g/mol. The van der Waals surface area contributed by atoms with Gasteiger partial charge in [-0.1, -0.05) is 12.1 Å². The van der Waals surface area contributed by atoms with Gasteiger partial charge in [0.2, 0.25) is 0 Å². The second kappa shape index (κ2) is 7.49. The predicted molar refractivity (Wildman–Crippen MR) is 98.5 cm³/mol. The molecule has 2 N–H and O–H groups in total. The van der Waals surface area contributed by atoms with Gasteiger partial charge in [0.15, 0.2) is 0 Å². The minimum absolute atomic E-state index is 0.0547. The Bertz CT molecular complexity index is 995. The molecule has 0 radical (unpaired) electrons. The maximum Gasteiger partial charge on any atom is 0.326 e. The molecule has 2 aromatic carbocycles. The van der Waals surface area contributed by atoms with Crippen molar-refractivity contribution in [2.45, 2.75) is 12.5 Å². The maximum atomic E-state index is 13.0. The average molecular weight is 370 g/mol. The molecule has 1 unspecified atom stereocenters. The number of ether oxygens (including phenoxy) is 1. The summed E-state index contributed by atoms with van der Waals surface area (Å²) >= 11 is 0. The zero-order chi connectivity index (χ0) is 19.6. The van der Waals surface area contributed by atoms with E-state index in [1.807, 2.05) is 6.07 Å². The van der Waals surface area contributed by atoms with Crippen LogP contribution in [0.5, 0.6) is 5.75 Å². The van der Waals surface area contributed by atoms with Crippen LogP contribution in [0.1, 0.15) is 16.1 Å². The molecule has 27 heavy (non-hydrogen) atoms. The second-order valence-corrected chi connectivity index (χ2v) is 6.21. The number of rotatable bonds is 6. The number of halogens is 1. The van der Waals surface area contributed by atoms with E-state index >= 15 is 0 Å². The molecule has 1 aromatic heterocycles. The van der Waals surface area contributed by atoms with E-state index in [9.17, 15) is 19.1 Å². The molecule has 1 atom stereocenters. The zero-order valence-electron chi connectivity index (χ0n) is 14.9. The van der Waals surface area contributed by atoms with E-state index in [1.165, 1.54) is 24.3 Å². The largest absolute Gasteiger partial charge is 0.497 e. The van der Waals surface area contributed by atoms with Crippen LogP contribution in [0.3, 0.4) is 0 Å². The van der Waals surface area contributed by atoms with Gasteiger partial charge in [-0.05, 0) is 42.0 Å². The molecule has 6 nitrogen and oxygen atoms in total. The number of aryl methyl sites for hydroxylation is 1. The molecule has 0 bridgehead atoms. The fourth-order valence-electron chi connectivity index (χ4n) is 2.96. The number of aromatic nitrogens is 1. The lowest BCUT2D eigenvalue weighted by molar-refractivity contribution is -0.139. The van der Waals surface area contributed by atoms with Gasteiger partial charge in [-0.3, -0.25) is 4.79 Å². The van der Waals surface area contributed by atoms with Crippen LogP contribution >= 0.6 is 0 Å². The number of hydrogen-bond donors (Lipinski definition) is 2. The lowest BCUT2D eigenvalue weighted by Gasteiger charge is -2.15. The molecule has 0 saturated carbocycles. The number of nitrogens with one attached hydrogen (secondary N) is 1. The number of benzene rings is 2. The molecule has 0 saturated heterocycles. The van der Waals surface area contributed by atoms with Gasteiger partial charge < -0.3 is 19.7 Å². The van der Waals surface area contributed by atoms with Crippen molar-refractivity contribution in [1.29, 1.82) is 0 Å². The van der Waals surface area contributed by atoms with Crippen LogP contribution in [0.25, 0.3) is 10.9 Å². The molecule has 0 aliphatic heterocycles. The number of carbonyl (C=O) groups is 2. The van der Waals surface area contributed by atoms with E-state index < -0.39 is 23.7 Å². The molecule has 0 spiro atoms. The summed E-state index contributed by atoms with van der Waals surface area (Å²) in [4.78, 5) is 24.2. The molecule has 3 aromatic rings. The second-order valence-electron chi connectivity index (χ2n) is 6.21. The summed E-state index contributed by atoms with van der Waals surface area (Å²) in [6, 6.07) is 11.5. The summed E-state index contributed by atoms with van der Waals surface area (Å²) in [5, 5.41) is 12.8. The SMILES string of the molecule is COc1ccc2c(c1)cc(C(=O)NC(Cc1ccc(F)cc1)C(=O)O)n2C. The highest BCUT2D eigenvalue weighted by atomic mass is 19.1. The minimum Gasteiger partial charge on any atom is -0.497 e. The van der Waals surface area contributed by atoms with Crippen LogP contribution in [-0.4, -0.2) is 34.7 Å². The predicted octanol–water partition coefficient (Wildman–Crippen LogP) is 2.75. The Kier molecular flexibility index (Phi) is 5.12. The first-order valence-corrected chi connectivity index (χ1v) is 8.30. The highest BCUT2D eigenvalue weighted by Crippen LogP contribution is 2.24. The highest BCUT2D eigenvalue weighted by molar-refractivity contribution is 6.00. The number of amides is 1. The van der Waals surface area contributed by atoms with Crippen molar-refractivity contribution in [3.05, 3.63) is 65.6 Å². The van der Waals surface area contributed by atoms with Crippen molar-refractivity contribution in [3.8, 4) is 5.75 Å². The fraction of sp³-hybridized carbons (Fsp3) is 0.200. The molecular weight excluding hydrogens is 351 g/mol. The highest BCUT2D eigenvalue weighted by Gasteiger charge is 2.23. The Morgan fingerprint density at radius 3 is 2.52 bits per heavy atom. The topological polar surface area (TPSA) is 80.6 Å². The number of aliphatic carboxylic acids is 1. The summed E-state index contributed by atoms with van der Waals surface area (Å²) in [5.41, 5.74) is 1.78. The van der Waals surface area contributed by atoms with Crippen molar-refractivity contribution in [3.63, 3.8) is 0 Å².